The maximum Gasteiger partial charge on any atom is 0.109 e. The molecule has 0 spiro atoms. The SMILES string of the molecule is N#CCN1C2CCC(OC3c4ccccc4CCc4ccccc43)C1CC2. The second-order valence-electron chi connectivity index (χ2n) is 8.16. The Morgan fingerprint density at radius 1 is 0.889 bits per heavy atom. The van der Waals surface area contributed by atoms with E-state index in [1.807, 2.05) is 0 Å². The van der Waals surface area contributed by atoms with Crippen LogP contribution in [0.4, 0.5) is 0 Å². The van der Waals surface area contributed by atoms with Crippen LogP contribution in [0.3, 0.4) is 0 Å². The molecule has 2 fully saturated rings. The van der Waals surface area contributed by atoms with E-state index in [4.69, 9.17) is 4.74 Å². The van der Waals surface area contributed by atoms with Gasteiger partial charge >= 0.3 is 0 Å². The summed E-state index contributed by atoms with van der Waals surface area (Å²) in [6.07, 6.45) is 6.99. The van der Waals surface area contributed by atoms with E-state index in [2.05, 4.69) is 59.5 Å². The first kappa shape index (κ1) is 17.0. The van der Waals surface area contributed by atoms with Gasteiger partial charge in [0.25, 0.3) is 0 Å². The predicted octanol–water partition coefficient (Wildman–Crippen LogP) is 4.41. The number of hydrogen-bond donors (Lipinski definition) is 0. The van der Waals surface area contributed by atoms with Crippen molar-refractivity contribution in [2.24, 2.45) is 0 Å². The summed E-state index contributed by atoms with van der Waals surface area (Å²) in [5.41, 5.74) is 5.48. The van der Waals surface area contributed by atoms with Gasteiger partial charge in [-0.1, -0.05) is 48.5 Å². The number of nitrogens with zero attached hydrogens (tertiary/aromatic N) is 2. The standard InChI is InChI=1S/C24H26N2O/c25-15-16-26-19-11-13-22(26)23(14-12-19)27-24-20-7-3-1-5-17(20)9-10-18-6-2-4-8-21(18)24/h1-8,19,22-24H,9-14,16H2. The number of ether oxygens (including phenoxy) is 1. The highest BCUT2D eigenvalue weighted by Gasteiger charge is 2.44. The normalized spacial score (nSPS) is 27.4. The lowest BCUT2D eigenvalue weighted by Crippen LogP contribution is -2.48. The largest absolute Gasteiger partial charge is 0.364 e. The van der Waals surface area contributed by atoms with Crippen molar-refractivity contribution in [2.75, 3.05) is 6.54 Å². The number of hydrogen-bond acceptors (Lipinski definition) is 3. The first-order valence-electron chi connectivity index (χ1n) is 10.3. The summed E-state index contributed by atoms with van der Waals surface area (Å²) in [5.74, 6) is 0. The van der Waals surface area contributed by atoms with Crippen LogP contribution in [0.15, 0.2) is 48.5 Å². The minimum atomic E-state index is 0.00554. The lowest BCUT2D eigenvalue weighted by molar-refractivity contribution is -0.0628. The molecule has 3 heteroatoms. The maximum atomic E-state index is 9.25. The minimum absolute atomic E-state index is 0.00554. The molecule has 1 aliphatic carbocycles. The van der Waals surface area contributed by atoms with Crippen molar-refractivity contribution in [2.45, 2.75) is 62.8 Å². The van der Waals surface area contributed by atoms with E-state index in [1.165, 1.54) is 28.7 Å². The van der Waals surface area contributed by atoms with E-state index in [-0.39, 0.29) is 12.2 Å². The van der Waals surface area contributed by atoms with Crippen LogP contribution in [-0.4, -0.2) is 29.6 Å². The molecule has 3 aliphatic rings. The Morgan fingerprint density at radius 3 is 2.19 bits per heavy atom. The second-order valence-corrected chi connectivity index (χ2v) is 8.16. The van der Waals surface area contributed by atoms with Gasteiger partial charge in [-0.3, -0.25) is 4.90 Å². The Morgan fingerprint density at radius 2 is 1.52 bits per heavy atom. The van der Waals surface area contributed by atoms with Gasteiger partial charge in [-0.2, -0.15) is 5.26 Å². The molecule has 138 valence electrons. The number of benzene rings is 2. The summed E-state index contributed by atoms with van der Waals surface area (Å²) in [6, 6.07) is 20.9. The summed E-state index contributed by atoms with van der Waals surface area (Å²) >= 11 is 0. The van der Waals surface area contributed by atoms with Crippen molar-refractivity contribution in [3.8, 4) is 6.07 Å². The molecule has 27 heavy (non-hydrogen) atoms. The highest BCUT2D eigenvalue weighted by Crippen LogP contribution is 2.42. The molecule has 0 N–H and O–H groups in total. The summed E-state index contributed by atoms with van der Waals surface area (Å²) in [4.78, 5) is 2.41. The van der Waals surface area contributed by atoms with Crippen molar-refractivity contribution in [1.29, 1.82) is 5.26 Å². The number of rotatable bonds is 3. The van der Waals surface area contributed by atoms with Crippen LogP contribution >= 0.6 is 0 Å². The summed E-state index contributed by atoms with van der Waals surface area (Å²) in [5, 5.41) is 9.25. The van der Waals surface area contributed by atoms with E-state index in [0.29, 0.717) is 18.6 Å². The van der Waals surface area contributed by atoms with Crippen molar-refractivity contribution in [3.63, 3.8) is 0 Å². The van der Waals surface area contributed by atoms with Gasteiger partial charge in [0, 0.05) is 12.1 Å². The van der Waals surface area contributed by atoms with Crippen LogP contribution in [0.1, 0.15) is 54.0 Å². The third-order valence-corrected chi connectivity index (χ3v) is 6.81. The average Bonchev–Trinajstić information content (AvgIpc) is 2.89. The highest BCUT2D eigenvalue weighted by molar-refractivity contribution is 5.43. The molecule has 3 unspecified atom stereocenters. The third-order valence-electron chi connectivity index (χ3n) is 6.81. The van der Waals surface area contributed by atoms with Crippen LogP contribution in [0.25, 0.3) is 0 Å². The van der Waals surface area contributed by atoms with Gasteiger partial charge in [-0.15, -0.1) is 0 Å². The fourth-order valence-electron chi connectivity index (χ4n) is 5.50. The molecule has 0 saturated carbocycles. The molecule has 0 aromatic heterocycles. The molecule has 2 aromatic carbocycles. The molecule has 0 amide bonds. The summed E-state index contributed by atoms with van der Waals surface area (Å²) in [7, 11) is 0. The number of nitriles is 1. The molecule has 0 radical (unpaired) electrons. The number of piperidine rings is 1. The molecule has 5 rings (SSSR count). The van der Waals surface area contributed by atoms with Crippen LogP contribution in [0.2, 0.25) is 0 Å². The van der Waals surface area contributed by atoms with Crippen molar-refractivity contribution >= 4 is 0 Å². The molecule has 2 bridgehead atoms. The fraction of sp³-hybridized carbons (Fsp3) is 0.458. The lowest BCUT2D eigenvalue weighted by atomic mass is 9.95. The van der Waals surface area contributed by atoms with Crippen LogP contribution < -0.4 is 0 Å². The van der Waals surface area contributed by atoms with Crippen LogP contribution in [-0.2, 0) is 17.6 Å². The molecule has 2 aromatic rings. The van der Waals surface area contributed by atoms with Gasteiger partial charge in [0.05, 0.1) is 18.7 Å². The highest BCUT2D eigenvalue weighted by atomic mass is 16.5. The van der Waals surface area contributed by atoms with Crippen molar-refractivity contribution in [3.05, 3.63) is 70.8 Å². The van der Waals surface area contributed by atoms with E-state index in [1.54, 1.807) is 0 Å². The molecular formula is C24H26N2O. The molecule has 2 aliphatic heterocycles. The van der Waals surface area contributed by atoms with Crippen LogP contribution in [0, 0.1) is 11.3 Å². The fourth-order valence-corrected chi connectivity index (χ4v) is 5.50. The van der Waals surface area contributed by atoms with Gasteiger partial charge in [-0.05, 0) is 60.8 Å². The zero-order chi connectivity index (χ0) is 18.2. The van der Waals surface area contributed by atoms with E-state index < -0.39 is 0 Å². The zero-order valence-electron chi connectivity index (χ0n) is 15.7. The van der Waals surface area contributed by atoms with Gasteiger partial charge in [0.2, 0.25) is 0 Å². The summed E-state index contributed by atoms with van der Waals surface area (Å²) < 4.78 is 6.92. The smallest absolute Gasteiger partial charge is 0.109 e. The van der Waals surface area contributed by atoms with E-state index >= 15 is 0 Å². The van der Waals surface area contributed by atoms with E-state index in [9.17, 15) is 5.26 Å². The van der Waals surface area contributed by atoms with Crippen molar-refractivity contribution < 1.29 is 4.74 Å². The van der Waals surface area contributed by atoms with Crippen LogP contribution in [0.5, 0.6) is 0 Å². The Labute approximate surface area is 161 Å². The van der Waals surface area contributed by atoms with E-state index in [0.717, 1.165) is 32.1 Å². The quantitative estimate of drug-likeness (QED) is 0.763. The molecular weight excluding hydrogens is 332 g/mol. The van der Waals surface area contributed by atoms with Gasteiger partial charge in [-0.25, -0.2) is 0 Å². The number of fused-ring (bicyclic) bond motifs is 4. The predicted molar refractivity (Wildman–Crippen MR) is 105 cm³/mol. The van der Waals surface area contributed by atoms with Gasteiger partial charge in [0.15, 0.2) is 0 Å². The first-order valence-corrected chi connectivity index (χ1v) is 10.3. The Hall–Kier alpha value is -2.15. The monoisotopic (exact) mass is 358 g/mol. The Balaban J connectivity index is 1.50. The molecule has 2 saturated heterocycles. The topological polar surface area (TPSA) is 36.3 Å². The molecule has 3 atom stereocenters. The number of aryl methyl sites for hydroxylation is 2. The Bertz CT molecular complexity index is 823. The lowest BCUT2D eigenvalue weighted by Gasteiger charge is -2.40. The van der Waals surface area contributed by atoms with Gasteiger partial charge in [0.1, 0.15) is 6.10 Å². The third kappa shape index (κ3) is 2.98. The summed E-state index contributed by atoms with van der Waals surface area (Å²) in [6.45, 7) is 0.535. The second kappa shape index (κ2) is 7.11. The minimum Gasteiger partial charge on any atom is -0.364 e. The first-order chi connectivity index (χ1) is 13.3. The molecule has 2 heterocycles. The maximum absolute atomic E-state index is 9.25. The van der Waals surface area contributed by atoms with Crippen molar-refractivity contribution in [1.82, 2.24) is 4.90 Å². The zero-order valence-corrected chi connectivity index (χ0v) is 15.7. The Kier molecular flexibility index (Phi) is 4.47. The van der Waals surface area contributed by atoms with Gasteiger partial charge < -0.3 is 4.74 Å². The molecule has 3 nitrogen and oxygen atoms in total. The average molecular weight is 358 g/mol.